The van der Waals surface area contributed by atoms with Crippen LogP contribution in [0.1, 0.15) is 19.3 Å². The van der Waals surface area contributed by atoms with E-state index < -0.39 is 6.36 Å². The fourth-order valence-electron chi connectivity index (χ4n) is 3.88. The Bertz CT molecular complexity index is 1070. The van der Waals surface area contributed by atoms with E-state index in [-0.39, 0.29) is 41.6 Å². The Kier molecular flexibility index (Phi) is 9.95. The first-order valence-electron chi connectivity index (χ1n) is 11.3. The summed E-state index contributed by atoms with van der Waals surface area (Å²) in [6, 6.07) is 10.6. The van der Waals surface area contributed by atoms with Gasteiger partial charge in [0.1, 0.15) is 19.0 Å². The van der Waals surface area contributed by atoms with Crippen molar-refractivity contribution in [3.63, 3.8) is 0 Å². The molecule has 0 radical (unpaired) electrons. The van der Waals surface area contributed by atoms with Crippen molar-refractivity contribution in [1.29, 1.82) is 5.41 Å². The number of piperidine rings is 1. The van der Waals surface area contributed by atoms with Crippen LogP contribution >= 0.6 is 11.6 Å². The number of likely N-dealkylation sites (tertiary alicyclic amines) is 1. The van der Waals surface area contributed by atoms with Gasteiger partial charge in [-0.15, -0.1) is 13.2 Å². The zero-order chi connectivity index (χ0) is 26.0. The van der Waals surface area contributed by atoms with Crippen LogP contribution in [-0.4, -0.2) is 62.1 Å². The maximum absolute atomic E-state index is 12.7. The number of alkyl halides is 3. The quantitative estimate of drug-likeness (QED) is 0.168. The van der Waals surface area contributed by atoms with Crippen molar-refractivity contribution < 1.29 is 27.4 Å². The first kappa shape index (κ1) is 27.3. The molecule has 3 rings (SSSR count). The number of para-hydroxylation sites is 1. The molecule has 1 atom stereocenters. The second-order valence-corrected chi connectivity index (χ2v) is 8.35. The largest absolute Gasteiger partial charge is 0.573 e. The van der Waals surface area contributed by atoms with Gasteiger partial charge in [0, 0.05) is 29.6 Å². The van der Waals surface area contributed by atoms with Crippen LogP contribution in [0.2, 0.25) is 5.02 Å². The highest BCUT2D eigenvalue weighted by atomic mass is 35.5. The first-order valence-corrected chi connectivity index (χ1v) is 11.7. The summed E-state index contributed by atoms with van der Waals surface area (Å²) in [5.74, 6) is -0.421. The minimum absolute atomic E-state index is 0.0427. The minimum atomic E-state index is -4.81. The Labute approximate surface area is 211 Å². The number of ether oxygens (including phenoxy) is 2. The summed E-state index contributed by atoms with van der Waals surface area (Å²) in [5.41, 5.74) is 3.88. The zero-order valence-corrected chi connectivity index (χ0v) is 20.1. The van der Waals surface area contributed by atoms with Gasteiger partial charge >= 0.3 is 6.36 Å². The van der Waals surface area contributed by atoms with E-state index >= 15 is 0 Å². The van der Waals surface area contributed by atoms with E-state index in [4.69, 9.17) is 21.7 Å². The topological polar surface area (TPSA) is 99.0 Å². The van der Waals surface area contributed by atoms with Crippen LogP contribution in [0.3, 0.4) is 0 Å². The molecule has 0 unspecified atom stereocenters. The molecule has 1 saturated heterocycles. The Balaban J connectivity index is 1.54. The molecule has 8 nitrogen and oxygen atoms in total. The highest BCUT2D eigenvalue weighted by molar-refractivity contribution is 6.33. The molecule has 0 aromatic heterocycles. The van der Waals surface area contributed by atoms with E-state index in [1.54, 1.807) is 29.2 Å². The molecule has 36 heavy (non-hydrogen) atoms. The van der Waals surface area contributed by atoms with E-state index in [0.29, 0.717) is 24.4 Å². The summed E-state index contributed by atoms with van der Waals surface area (Å²) < 4.78 is 48.1. The predicted molar refractivity (Wildman–Crippen MR) is 133 cm³/mol. The average molecular weight is 526 g/mol. The van der Waals surface area contributed by atoms with Crippen LogP contribution in [0.5, 0.6) is 5.75 Å². The van der Waals surface area contributed by atoms with Gasteiger partial charge < -0.3 is 30.5 Å². The van der Waals surface area contributed by atoms with Gasteiger partial charge in [-0.3, -0.25) is 4.79 Å². The number of amides is 1. The Hall–Kier alpha value is -3.31. The lowest BCUT2D eigenvalue weighted by Gasteiger charge is -2.35. The molecule has 1 aliphatic heterocycles. The second kappa shape index (κ2) is 13.1. The average Bonchev–Trinajstić information content (AvgIpc) is 2.84. The molecule has 3 N–H and O–H groups in total. The fraction of sp³-hybridized carbons (Fsp3) is 0.375. The number of carbonyl (C=O) groups excluding carboxylic acids is 1. The molecule has 0 aliphatic carbocycles. The Morgan fingerprint density at radius 3 is 2.78 bits per heavy atom. The molecule has 1 amide bonds. The van der Waals surface area contributed by atoms with Crippen molar-refractivity contribution >= 4 is 35.6 Å². The fourth-order valence-corrected chi connectivity index (χ4v) is 4.16. The van der Waals surface area contributed by atoms with Gasteiger partial charge in [0.15, 0.2) is 0 Å². The highest BCUT2D eigenvalue weighted by Gasteiger charge is 2.32. The lowest BCUT2D eigenvalue weighted by atomic mass is 10.0. The number of rotatable bonds is 11. The number of hydrazone groups is 1. The second-order valence-electron chi connectivity index (χ2n) is 7.95. The van der Waals surface area contributed by atoms with E-state index in [9.17, 15) is 18.0 Å². The van der Waals surface area contributed by atoms with Gasteiger partial charge in [-0.05, 0) is 37.5 Å². The zero-order valence-electron chi connectivity index (χ0n) is 19.4. The molecular weight excluding hydrogens is 499 g/mol. The van der Waals surface area contributed by atoms with Crippen molar-refractivity contribution in [2.75, 3.05) is 31.7 Å². The van der Waals surface area contributed by atoms with Gasteiger partial charge in [-0.1, -0.05) is 35.9 Å². The van der Waals surface area contributed by atoms with Gasteiger partial charge in [0.05, 0.1) is 23.9 Å². The van der Waals surface area contributed by atoms with Gasteiger partial charge in [0.2, 0.25) is 5.91 Å². The minimum Gasteiger partial charge on any atom is -0.405 e. The van der Waals surface area contributed by atoms with E-state index in [0.717, 1.165) is 25.5 Å². The molecule has 0 spiro atoms. The number of hydrogen-bond donors (Lipinski definition) is 3. The van der Waals surface area contributed by atoms with Crippen molar-refractivity contribution in [3.05, 3.63) is 47.5 Å². The smallest absolute Gasteiger partial charge is 0.405 e. The summed E-state index contributed by atoms with van der Waals surface area (Å²) >= 11 is 6.37. The molecule has 12 heteroatoms. The Morgan fingerprint density at radius 1 is 1.22 bits per heavy atom. The molecule has 194 valence electrons. The maximum Gasteiger partial charge on any atom is 0.573 e. The summed E-state index contributed by atoms with van der Waals surface area (Å²) in [6.45, 7) is 1.19. The predicted octanol–water partition coefficient (Wildman–Crippen LogP) is 4.90. The monoisotopic (exact) mass is 525 g/mol. The molecule has 2 aromatic carbocycles. The third kappa shape index (κ3) is 8.13. The number of nitrogens with one attached hydrogen (secondary N) is 3. The summed E-state index contributed by atoms with van der Waals surface area (Å²) in [5, 5.41) is 14.0. The number of nitrogens with zero attached hydrogens (tertiary/aromatic N) is 2. The number of halogens is 4. The van der Waals surface area contributed by atoms with Gasteiger partial charge in [0.25, 0.3) is 0 Å². The van der Waals surface area contributed by atoms with Crippen LogP contribution in [0.4, 0.5) is 18.9 Å². The lowest BCUT2D eigenvalue weighted by Crippen LogP contribution is -2.48. The first-order chi connectivity index (χ1) is 17.3. The van der Waals surface area contributed by atoms with Gasteiger partial charge in [-0.25, -0.2) is 0 Å². The molecule has 2 aromatic rings. The molecule has 1 fully saturated rings. The number of anilines is 1. The van der Waals surface area contributed by atoms with Crippen molar-refractivity contribution in [2.45, 2.75) is 31.7 Å². The van der Waals surface area contributed by atoms with Crippen LogP contribution in [0, 0.1) is 5.41 Å². The van der Waals surface area contributed by atoms with E-state index in [2.05, 4.69) is 20.6 Å². The Morgan fingerprint density at radius 2 is 2.03 bits per heavy atom. The number of hydrogen-bond acceptors (Lipinski definition) is 7. The lowest BCUT2D eigenvalue weighted by molar-refractivity contribution is -0.274. The van der Waals surface area contributed by atoms with Crippen molar-refractivity contribution in [1.82, 2.24) is 10.3 Å². The van der Waals surface area contributed by atoms with Crippen LogP contribution < -0.4 is 15.5 Å². The van der Waals surface area contributed by atoms with E-state index in [1.807, 2.05) is 0 Å². The van der Waals surface area contributed by atoms with Crippen LogP contribution in [-0.2, 0) is 9.53 Å². The van der Waals surface area contributed by atoms with Crippen molar-refractivity contribution in [2.24, 2.45) is 5.10 Å². The normalized spacial score (nSPS) is 16.1. The molecule has 1 aliphatic rings. The van der Waals surface area contributed by atoms with Gasteiger partial charge in [-0.2, -0.15) is 5.10 Å². The standard InChI is InChI=1S/C24H27ClF3N5O3/c25-21-13-17(8-9-19(21)20-6-1-2-7-22(20)36-24(26,27)28)30-16-35-15-18-5-3-4-12-33(18)23(34)14-32-31-11-10-29/h1-2,6-11,13,18,29-30,32H,3-5,12,14-16H2/b29-10?,31-11-/t18-/m1/s1. The summed E-state index contributed by atoms with van der Waals surface area (Å²) in [7, 11) is 0. The molecular formula is C24H27ClF3N5O3. The third-order valence-corrected chi connectivity index (χ3v) is 5.79. The number of benzene rings is 2. The van der Waals surface area contributed by atoms with Crippen LogP contribution in [0.25, 0.3) is 11.1 Å². The van der Waals surface area contributed by atoms with Crippen LogP contribution in [0.15, 0.2) is 47.6 Å². The maximum atomic E-state index is 12.7. The molecule has 1 heterocycles. The molecule has 0 saturated carbocycles. The van der Waals surface area contributed by atoms with E-state index in [1.165, 1.54) is 24.4 Å². The molecule has 0 bridgehead atoms. The number of carbonyl (C=O) groups is 1. The summed E-state index contributed by atoms with van der Waals surface area (Å²) in [6.07, 6.45) is 0.210. The van der Waals surface area contributed by atoms with Crippen molar-refractivity contribution in [3.8, 4) is 16.9 Å². The summed E-state index contributed by atoms with van der Waals surface area (Å²) in [4.78, 5) is 14.3. The highest BCUT2D eigenvalue weighted by Crippen LogP contribution is 2.38. The SMILES string of the molecule is N=C/C=N\NCC(=O)N1CCCC[C@@H]1COCNc1ccc(-c2ccccc2OC(F)(F)F)c(Cl)c1. The third-order valence-electron chi connectivity index (χ3n) is 5.48.